The lowest BCUT2D eigenvalue weighted by molar-refractivity contribution is -0.193. The van der Waals surface area contributed by atoms with Crippen LogP contribution in [-0.2, 0) is 22.4 Å². The van der Waals surface area contributed by atoms with Crippen molar-refractivity contribution in [1.82, 2.24) is 15.0 Å². The van der Waals surface area contributed by atoms with Gasteiger partial charge in [0.2, 0.25) is 5.95 Å². The van der Waals surface area contributed by atoms with Gasteiger partial charge in [0.05, 0.1) is 6.20 Å². The highest BCUT2D eigenvalue weighted by Crippen LogP contribution is 2.30. The summed E-state index contributed by atoms with van der Waals surface area (Å²) in [5.74, 6) is -6.12. The maximum Gasteiger partial charge on any atom is 0.458 e. The van der Waals surface area contributed by atoms with E-state index in [1.54, 1.807) is 30.6 Å². The molecule has 5 rings (SSSR count). The Balaban J connectivity index is 0.000000314. The summed E-state index contributed by atoms with van der Waals surface area (Å²) in [6.07, 6.45) is -6.85. The van der Waals surface area contributed by atoms with Gasteiger partial charge in [-0.2, -0.15) is 31.3 Å². The second-order valence-corrected chi connectivity index (χ2v) is 9.44. The third-order valence-electron chi connectivity index (χ3n) is 5.85. The van der Waals surface area contributed by atoms with E-state index in [1.807, 2.05) is 30.3 Å². The zero-order chi connectivity index (χ0) is 32.1. The minimum absolute atomic E-state index is 0.250. The van der Waals surface area contributed by atoms with Crippen molar-refractivity contribution in [2.24, 2.45) is 0 Å². The smallest absolute Gasteiger partial charge is 0.339 e. The first-order valence-electron chi connectivity index (χ1n) is 12.4. The number of halogens is 7. The molecule has 0 spiro atoms. The summed E-state index contributed by atoms with van der Waals surface area (Å²) < 4.78 is 67.0. The molecule has 0 saturated heterocycles. The van der Waals surface area contributed by atoms with Crippen molar-refractivity contribution < 1.29 is 40.7 Å². The van der Waals surface area contributed by atoms with Crippen molar-refractivity contribution in [3.8, 4) is 0 Å². The third-order valence-corrected chi connectivity index (χ3v) is 6.12. The number of rotatable bonds is 3. The zero-order valence-electron chi connectivity index (χ0n) is 22.1. The number of pyridine rings is 1. The van der Waals surface area contributed by atoms with Gasteiger partial charge in [-0.1, -0.05) is 29.8 Å². The van der Waals surface area contributed by atoms with Crippen LogP contribution in [0.3, 0.4) is 0 Å². The number of amides is 1. The number of benzene rings is 2. The van der Waals surface area contributed by atoms with Crippen LogP contribution in [0.4, 0.5) is 55.2 Å². The number of hydrogen-bond acceptors (Lipinski definition) is 8. The van der Waals surface area contributed by atoms with Gasteiger partial charge in [-0.25, -0.2) is 4.98 Å². The Hall–Kier alpha value is -5.05. The van der Waals surface area contributed by atoms with Gasteiger partial charge in [-0.15, -0.1) is 0 Å². The predicted octanol–water partition coefficient (Wildman–Crippen LogP) is 6.61. The number of fused-ring (bicyclic) bond motifs is 6. The van der Waals surface area contributed by atoms with Crippen LogP contribution in [0, 0.1) is 0 Å². The van der Waals surface area contributed by atoms with Crippen LogP contribution in [0.1, 0.15) is 21.6 Å². The summed E-state index contributed by atoms with van der Waals surface area (Å²) in [5, 5.41) is 9.89. The monoisotopic (exact) mass is 636 g/mol. The minimum Gasteiger partial charge on any atom is -0.339 e. The molecular weight excluding hydrogens is 618 g/mol. The third kappa shape index (κ3) is 8.28. The van der Waals surface area contributed by atoms with E-state index < -0.39 is 23.9 Å². The molecule has 3 N–H and O–H groups in total. The topological polar surface area (TPSA) is 126 Å². The number of carbonyl (C=O) groups is 3. The van der Waals surface area contributed by atoms with Crippen LogP contribution in [0.5, 0.6) is 0 Å². The molecule has 0 aliphatic carbocycles. The normalized spacial score (nSPS) is 12.4. The number of ketones is 2. The molecule has 0 radical (unpaired) electrons. The molecule has 3 heterocycles. The highest BCUT2D eigenvalue weighted by molar-refractivity contribution is 6.41. The van der Waals surface area contributed by atoms with Crippen LogP contribution in [0.25, 0.3) is 0 Å². The molecule has 1 amide bonds. The Morgan fingerprint density at radius 3 is 2.16 bits per heavy atom. The van der Waals surface area contributed by atoms with E-state index in [0.29, 0.717) is 22.5 Å². The molecule has 0 unspecified atom stereocenters. The van der Waals surface area contributed by atoms with Gasteiger partial charge in [0.15, 0.2) is 5.82 Å². The number of carbonyl (C=O) groups excluding carboxylic acids is 3. The van der Waals surface area contributed by atoms with Crippen LogP contribution in [0.2, 0.25) is 5.02 Å². The van der Waals surface area contributed by atoms with E-state index in [9.17, 15) is 40.7 Å². The summed E-state index contributed by atoms with van der Waals surface area (Å²) in [6.45, 7) is 0. The molecule has 228 valence electrons. The number of nitrogens with one attached hydrogen (secondary N) is 3. The lowest BCUT2D eigenvalue weighted by Crippen LogP contribution is -2.39. The van der Waals surface area contributed by atoms with E-state index in [-0.39, 0.29) is 5.91 Å². The van der Waals surface area contributed by atoms with Gasteiger partial charge in [0.25, 0.3) is 5.91 Å². The molecule has 0 saturated carbocycles. The quantitative estimate of drug-likeness (QED) is 0.169. The summed E-state index contributed by atoms with van der Waals surface area (Å²) in [4.78, 5) is 44.8. The summed E-state index contributed by atoms with van der Waals surface area (Å²) in [6, 6.07) is 19.1. The van der Waals surface area contributed by atoms with Crippen molar-refractivity contribution in [1.29, 1.82) is 0 Å². The molecule has 0 fully saturated rings. The van der Waals surface area contributed by atoms with Gasteiger partial charge >= 0.3 is 23.9 Å². The molecule has 6 bridgehead atoms. The molecule has 2 aromatic carbocycles. The Morgan fingerprint density at radius 2 is 1.50 bits per heavy atom. The molecule has 2 aromatic heterocycles. The number of aryl methyl sites for hydroxylation is 2. The number of nitrogens with zero attached hydrogens (tertiary/aromatic N) is 3. The van der Waals surface area contributed by atoms with Crippen LogP contribution >= 0.6 is 11.6 Å². The average Bonchev–Trinajstić information content (AvgIpc) is 2.98. The second-order valence-electron chi connectivity index (χ2n) is 9.04. The van der Waals surface area contributed by atoms with Crippen molar-refractivity contribution in [2.45, 2.75) is 25.2 Å². The Labute approximate surface area is 249 Å². The highest BCUT2D eigenvalue weighted by Gasteiger charge is 2.54. The first-order chi connectivity index (χ1) is 20.7. The molecule has 1 aliphatic heterocycles. The minimum atomic E-state index is -5.77. The average molecular weight is 637 g/mol. The number of hydrogen-bond donors (Lipinski definition) is 3. The molecule has 1 aliphatic rings. The van der Waals surface area contributed by atoms with Gasteiger partial charge in [-0.05, 0) is 66.4 Å². The first-order valence-corrected chi connectivity index (χ1v) is 12.8. The molecule has 16 heteroatoms. The Kier molecular flexibility index (Phi) is 9.47. The van der Waals surface area contributed by atoms with E-state index in [4.69, 9.17) is 11.6 Å². The number of Topliss-reactive ketones (excluding diaryl/α,β-unsaturated/α-hetero) is 2. The van der Waals surface area contributed by atoms with Gasteiger partial charge in [0.1, 0.15) is 10.7 Å². The van der Waals surface area contributed by atoms with Crippen LogP contribution in [-0.4, -0.2) is 44.8 Å². The van der Waals surface area contributed by atoms with Crippen molar-refractivity contribution in [2.75, 3.05) is 16.0 Å². The molecule has 4 aromatic rings. The van der Waals surface area contributed by atoms with Gasteiger partial charge < -0.3 is 16.0 Å². The first kappa shape index (κ1) is 31.9. The molecule has 0 atom stereocenters. The number of aromatic nitrogens is 3. The molecule has 9 nitrogen and oxygen atoms in total. The van der Waals surface area contributed by atoms with Crippen molar-refractivity contribution in [3.05, 3.63) is 94.9 Å². The van der Waals surface area contributed by atoms with Crippen LogP contribution in [0.15, 0.2) is 73.1 Å². The largest absolute Gasteiger partial charge is 0.458 e. The van der Waals surface area contributed by atoms with E-state index in [1.165, 1.54) is 0 Å². The van der Waals surface area contributed by atoms with Gasteiger partial charge in [0, 0.05) is 23.3 Å². The maximum absolute atomic E-state index is 12.7. The maximum atomic E-state index is 12.7. The fourth-order valence-electron chi connectivity index (χ4n) is 3.81. The molecular formula is C28H19ClF6N6O3. The lowest BCUT2D eigenvalue weighted by atomic mass is 10.0. The number of alkyl halides is 6. The predicted molar refractivity (Wildman–Crippen MR) is 148 cm³/mol. The van der Waals surface area contributed by atoms with Crippen LogP contribution < -0.4 is 16.0 Å². The SMILES string of the molecule is O=C(C(=O)C(F)(F)F)C(F)(F)F.O=C(Nc1ccc2cc1CCc1cccc(c1)Nc1ncc(Cl)c(n1)N2)c1ccccn1. The van der Waals surface area contributed by atoms with Gasteiger partial charge in [-0.3, -0.25) is 19.4 Å². The molecule has 44 heavy (non-hydrogen) atoms. The Morgan fingerprint density at radius 1 is 0.795 bits per heavy atom. The Bertz CT molecular complexity index is 1680. The highest BCUT2D eigenvalue weighted by atomic mass is 35.5. The fraction of sp³-hybridized carbons (Fsp3) is 0.143. The zero-order valence-corrected chi connectivity index (χ0v) is 22.8. The van der Waals surface area contributed by atoms with Crippen molar-refractivity contribution >= 4 is 57.9 Å². The van der Waals surface area contributed by atoms with E-state index in [2.05, 4.69) is 43.0 Å². The summed E-state index contributed by atoms with van der Waals surface area (Å²) >= 11 is 6.32. The summed E-state index contributed by atoms with van der Waals surface area (Å²) in [7, 11) is 0. The van der Waals surface area contributed by atoms with Crippen molar-refractivity contribution in [3.63, 3.8) is 0 Å². The summed E-state index contributed by atoms with van der Waals surface area (Å²) in [5.41, 5.74) is 4.96. The lowest BCUT2D eigenvalue weighted by Gasteiger charge is -2.14. The fourth-order valence-corrected chi connectivity index (χ4v) is 3.94. The standard InChI is InChI=1S/C24H19ClN6O.C4F6O2/c25-19-14-27-24-29-17-5-3-4-15(12-17)7-8-16-13-18(28-22(19)31-24)9-10-20(16)30-23(32)21-6-1-2-11-26-21;5-3(6,7)1(11)2(12)4(8,9)10/h1-6,9-14H,7-8H2,(H,30,32)(H2,27,28,29,31);. The van der Waals surface area contributed by atoms with E-state index in [0.717, 1.165) is 41.0 Å². The number of anilines is 5. The second kappa shape index (κ2) is 13.1. The van der Waals surface area contributed by atoms with E-state index >= 15 is 0 Å².